The number of aromatic nitrogens is 1. The Morgan fingerprint density at radius 2 is 2.08 bits per heavy atom. The molecular weight excluding hydrogens is 180 g/mol. The summed E-state index contributed by atoms with van der Waals surface area (Å²) < 4.78 is 0. The molecule has 0 aliphatic rings. The van der Waals surface area contributed by atoms with Crippen molar-refractivity contribution >= 4 is 5.97 Å². The number of rotatable bonds is 1. The van der Waals surface area contributed by atoms with E-state index in [-0.39, 0.29) is 5.69 Å². The molecule has 2 N–H and O–H groups in total. The lowest BCUT2D eigenvalue weighted by atomic mass is 10.4. The van der Waals surface area contributed by atoms with E-state index in [1.165, 1.54) is 12.3 Å². The molecule has 0 unspecified atom stereocenters. The minimum Gasteiger partial charge on any atom is -0.477 e. The minimum absolute atomic E-state index is 0.0810. The molecule has 1 aromatic rings. The third-order valence-corrected chi connectivity index (χ3v) is 0.884. The number of carbonyl (C=O) groups is 1. The Labute approximate surface area is 72.4 Å². The molecule has 0 bridgehead atoms. The number of hydrogen-bond acceptors (Lipinski definition) is 4. The van der Waals surface area contributed by atoms with E-state index in [0.717, 1.165) is 0 Å². The molecule has 7 nitrogen and oxygen atoms in total. The summed E-state index contributed by atoms with van der Waals surface area (Å²) in [6.07, 6.45) is 1.45. The molecule has 70 valence electrons. The third kappa shape index (κ3) is 6.23. The third-order valence-electron chi connectivity index (χ3n) is 0.884. The number of carboxylic acids is 1. The Morgan fingerprint density at radius 3 is 2.31 bits per heavy atom. The molecule has 7 heteroatoms. The number of carboxylic acid groups (broad SMARTS) is 1. The largest absolute Gasteiger partial charge is 0.477 e. The maximum absolute atomic E-state index is 10.1. The first-order valence-corrected chi connectivity index (χ1v) is 3.01. The number of nitrogens with zero attached hydrogens (tertiary/aromatic N) is 2. The second kappa shape index (κ2) is 5.47. The van der Waals surface area contributed by atoms with Gasteiger partial charge in [-0.25, -0.2) is 9.78 Å². The van der Waals surface area contributed by atoms with Gasteiger partial charge in [0.25, 0.3) is 5.09 Å². The zero-order valence-corrected chi connectivity index (χ0v) is 6.32. The van der Waals surface area contributed by atoms with Gasteiger partial charge in [0.15, 0.2) is 0 Å². The standard InChI is InChI=1S/C6H5NO2.HNO3/c8-6(9)5-3-1-2-4-7-5;2-1(3)4/h1-4H,(H,8,9);(H,2,3,4). The Morgan fingerprint density at radius 1 is 1.54 bits per heavy atom. The fourth-order valence-corrected chi connectivity index (χ4v) is 0.489. The van der Waals surface area contributed by atoms with Gasteiger partial charge in [-0.05, 0) is 12.1 Å². The molecule has 0 spiro atoms. The average molecular weight is 186 g/mol. The summed E-state index contributed by atoms with van der Waals surface area (Å²) in [5, 5.41) is 22.0. The van der Waals surface area contributed by atoms with Gasteiger partial charge in [0.2, 0.25) is 0 Å². The monoisotopic (exact) mass is 186 g/mol. The van der Waals surface area contributed by atoms with E-state index in [4.69, 9.17) is 20.4 Å². The summed E-state index contributed by atoms with van der Waals surface area (Å²) in [6, 6.07) is 4.76. The Kier molecular flexibility index (Phi) is 4.55. The van der Waals surface area contributed by atoms with Crippen molar-refractivity contribution < 1.29 is 20.2 Å². The van der Waals surface area contributed by atoms with Crippen LogP contribution in [-0.4, -0.2) is 26.4 Å². The van der Waals surface area contributed by atoms with Crippen molar-refractivity contribution in [1.82, 2.24) is 4.98 Å². The first-order valence-electron chi connectivity index (χ1n) is 3.01. The van der Waals surface area contributed by atoms with Crippen molar-refractivity contribution in [1.29, 1.82) is 0 Å². The molecular formula is C6H6N2O5. The molecule has 1 heterocycles. The van der Waals surface area contributed by atoms with Gasteiger partial charge in [-0.2, -0.15) is 0 Å². The molecule has 0 radical (unpaired) electrons. The summed E-state index contributed by atoms with van der Waals surface area (Å²) in [4.78, 5) is 22.1. The highest BCUT2D eigenvalue weighted by atomic mass is 16.9. The highest BCUT2D eigenvalue weighted by Gasteiger charge is 1.98. The van der Waals surface area contributed by atoms with Crippen LogP contribution in [0.15, 0.2) is 24.4 Å². The average Bonchev–Trinajstić information content (AvgIpc) is 2.05. The molecule has 1 rings (SSSR count). The summed E-state index contributed by atoms with van der Waals surface area (Å²) in [6.45, 7) is 0. The summed E-state index contributed by atoms with van der Waals surface area (Å²) in [5.74, 6) is -0.990. The quantitative estimate of drug-likeness (QED) is 0.485. The van der Waals surface area contributed by atoms with Gasteiger partial charge < -0.3 is 10.3 Å². The van der Waals surface area contributed by atoms with Crippen LogP contribution in [0.4, 0.5) is 0 Å². The summed E-state index contributed by atoms with van der Waals surface area (Å²) >= 11 is 0. The molecule has 0 saturated heterocycles. The van der Waals surface area contributed by atoms with E-state index in [2.05, 4.69) is 4.98 Å². The topological polar surface area (TPSA) is 114 Å². The smallest absolute Gasteiger partial charge is 0.354 e. The van der Waals surface area contributed by atoms with Crippen molar-refractivity contribution in [2.75, 3.05) is 0 Å². The van der Waals surface area contributed by atoms with E-state index in [1.807, 2.05) is 0 Å². The van der Waals surface area contributed by atoms with Gasteiger partial charge in [-0.1, -0.05) is 6.07 Å². The molecule has 0 aliphatic carbocycles. The first kappa shape index (κ1) is 10.8. The van der Waals surface area contributed by atoms with Gasteiger partial charge in [0, 0.05) is 6.20 Å². The lowest BCUT2D eigenvalue weighted by molar-refractivity contribution is -0.742. The lowest BCUT2D eigenvalue weighted by Gasteiger charge is -1.87. The lowest BCUT2D eigenvalue weighted by Crippen LogP contribution is -1.97. The van der Waals surface area contributed by atoms with Gasteiger partial charge in [-0.3, -0.25) is 0 Å². The Bertz CT molecular complexity index is 282. The van der Waals surface area contributed by atoms with Gasteiger partial charge in [0.05, 0.1) is 0 Å². The van der Waals surface area contributed by atoms with Crippen LogP contribution in [0, 0.1) is 10.1 Å². The summed E-state index contributed by atoms with van der Waals surface area (Å²) in [7, 11) is 0. The molecule has 0 atom stereocenters. The van der Waals surface area contributed by atoms with Gasteiger partial charge in [0.1, 0.15) is 5.69 Å². The molecule has 0 amide bonds. The maximum Gasteiger partial charge on any atom is 0.354 e. The van der Waals surface area contributed by atoms with Crippen molar-refractivity contribution in [3.05, 3.63) is 40.2 Å². The van der Waals surface area contributed by atoms with Crippen LogP contribution in [0.1, 0.15) is 10.5 Å². The van der Waals surface area contributed by atoms with E-state index >= 15 is 0 Å². The highest BCUT2D eigenvalue weighted by Crippen LogP contribution is 1.90. The van der Waals surface area contributed by atoms with E-state index in [0.29, 0.717) is 0 Å². The van der Waals surface area contributed by atoms with E-state index < -0.39 is 11.1 Å². The van der Waals surface area contributed by atoms with Crippen LogP contribution < -0.4 is 0 Å². The number of aromatic carboxylic acids is 1. The van der Waals surface area contributed by atoms with E-state index in [9.17, 15) is 4.79 Å². The Hall–Kier alpha value is -2.18. The molecule has 13 heavy (non-hydrogen) atoms. The zero-order valence-electron chi connectivity index (χ0n) is 6.32. The zero-order chi connectivity index (χ0) is 10.3. The van der Waals surface area contributed by atoms with Crippen LogP contribution in [0.25, 0.3) is 0 Å². The van der Waals surface area contributed by atoms with Crippen LogP contribution in [0.3, 0.4) is 0 Å². The van der Waals surface area contributed by atoms with Crippen molar-refractivity contribution in [2.45, 2.75) is 0 Å². The predicted molar refractivity (Wildman–Crippen MR) is 40.0 cm³/mol. The van der Waals surface area contributed by atoms with Crippen LogP contribution in [0.5, 0.6) is 0 Å². The number of pyridine rings is 1. The van der Waals surface area contributed by atoms with Crippen LogP contribution >= 0.6 is 0 Å². The summed E-state index contributed by atoms with van der Waals surface area (Å²) in [5.41, 5.74) is 0.0810. The minimum atomic E-state index is -1.50. The fourth-order valence-electron chi connectivity index (χ4n) is 0.489. The molecule has 0 aromatic carbocycles. The molecule has 0 fully saturated rings. The SMILES string of the molecule is O=C(O)c1ccccn1.O=[N+]([O-])O. The van der Waals surface area contributed by atoms with Gasteiger partial charge in [-0.15, -0.1) is 10.1 Å². The first-order chi connectivity index (χ1) is 6.04. The molecule has 0 aliphatic heterocycles. The van der Waals surface area contributed by atoms with Crippen LogP contribution in [-0.2, 0) is 0 Å². The second-order valence-corrected chi connectivity index (χ2v) is 1.76. The predicted octanol–water partition coefficient (Wildman–Crippen LogP) is 0.432. The second-order valence-electron chi connectivity index (χ2n) is 1.76. The maximum atomic E-state index is 10.1. The number of hydrogen-bond donors (Lipinski definition) is 2. The van der Waals surface area contributed by atoms with Crippen molar-refractivity contribution in [2.24, 2.45) is 0 Å². The van der Waals surface area contributed by atoms with E-state index in [1.54, 1.807) is 12.1 Å². The molecule has 0 saturated carbocycles. The van der Waals surface area contributed by atoms with Crippen molar-refractivity contribution in [3.63, 3.8) is 0 Å². The normalized spacial score (nSPS) is 8.00. The fraction of sp³-hybridized carbons (Fsp3) is 0. The molecule has 1 aromatic heterocycles. The van der Waals surface area contributed by atoms with Crippen molar-refractivity contribution in [3.8, 4) is 0 Å². The van der Waals surface area contributed by atoms with Crippen LogP contribution in [0.2, 0.25) is 0 Å². The Balaban J connectivity index is 0.000000310. The highest BCUT2D eigenvalue weighted by molar-refractivity contribution is 5.85. The van der Waals surface area contributed by atoms with Gasteiger partial charge >= 0.3 is 5.97 Å².